The molecule has 1 heterocycles. The van der Waals surface area contributed by atoms with Gasteiger partial charge in [-0.2, -0.15) is 13.2 Å². The largest absolute Gasteiger partial charge is 0.426 e. The molecule has 0 spiro atoms. The van der Waals surface area contributed by atoms with Crippen LogP contribution >= 0.6 is 11.3 Å². The minimum atomic E-state index is -5.16. The fourth-order valence-electron chi connectivity index (χ4n) is 1.61. The van der Waals surface area contributed by atoms with Crippen LogP contribution in [-0.2, 0) is 14.6 Å². The molecule has 10 heteroatoms. The monoisotopic (exact) mass is 379 g/mol. The number of hydrogen-bond acceptors (Lipinski definition) is 5. The molecule has 0 aliphatic heterocycles. The summed E-state index contributed by atoms with van der Waals surface area (Å²) in [5.74, 6) is -1.69. The molecule has 0 aliphatic rings. The zero-order valence-corrected chi connectivity index (χ0v) is 13.8. The summed E-state index contributed by atoms with van der Waals surface area (Å²) in [7, 11) is -3.84. The van der Waals surface area contributed by atoms with E-state index in [1.54, 1.807) is 6.07 Å². The van der Waals surface area contributed by atoms with Crippen LogP contribution in [0, 0.1) is 0 Å². The van der Waals surface area contributed by atoms with E-state index in [2.05, 4.69) is 0 Å². The lowest BCUT2D eigenvalue weighted by Gasteiger charge is -2.24. The fraction of sp³-hybridized carbons (Fsp3) is 0.214. The van der Waals surface area contributed by atoms with Crippen molar-refractivity contribution in [3.63, 3.8) is 0 Å². The minimum Gasteiger partial charge on any atom is -0.373 e. The van der Waals surface area contributed by atoms with Gasteiger partial charge in [0.1, 0.15) is 4.21 Å². The summed E-state index contributed by atoms with van der Waals surface area (Å²) in [6, 6.07) is 9.78. The maximum absolute atomic E-state index is 12.6. The molecule has 2 rings (SSSR count). The molecule has 0 aliphatic carbocycles. The van der Waals surface area contributed by atoms with Gasteiger partial charge in [-0.05, 0) is 31.2 Å². The number of carbonyl (C=O) groups is 1. The number of thiophene rings is 1. The Morgan fingerprint density at radius 3 is 2.25 bits per heavy atom. The van der Waals surface area contributed by atoms with Gasteiger partial charge in [0.15, 0.2) is 0 Å². The summed E-state index contributed by atoms with van der Waals surface area (Å²) in [5.41, 5.74) is -3.59. The Balaban J connectivity index is 2.25. The van der Waals surface area contributed by atoms with E-state index in [0.29, 0.717) is 18.3 Å². The van der Waals surface area contributed by atoms with E-state index < -0.39 is 27.5 Å². The highest BCUT2D eigenvalue weighted by atomic mass is 32.2. The second-order valence-corrected chi connectivity index (χ2v) is 8.22. The second kappa shape index (κ2) is 6.19. The molecule has 2 aromatic rings. The Morgan fingerprint density at radius 1 is 1.12 bits per heavy atom. The Hall–Kier alpha value is -1.91. The molecule has 130 valence electrons. The number of benzene rings is 1. The quantitative estimate of drug-likeness (QED) is 0.856. The van der Waals surface area contributed by atoms with E-state index in [0.717, 1.165) is 6.07 Å². The summed E-state index contributed by atoms with van der Waals surface area (Å²) < 4.78 is 62.4. The van der Waals surface area contributed by atoms with Crippen LogP contribution in [-0.4, -0.2) is 31.2 Å². The molecule has 0 saturated heterocycles. The van der Waals surface area contributed by atoms with Gasteiger partial charge in [0, 0.05) is 0 Å². The van der Waals surface area contributed by atoms with E-state index >= 15 is 0 Å². The van der Waals surface area contributed by atoms with Crippen molar-refractivity contribution in [2.24, 2.45) is 0 Å². The Morgan fingerprint density at radius 2 is 1.71 bits per heavy atom. The SMILES string of the molecule is CC(O)(C(=O)Nc1ccc(S(=O)(=O)c2ccccc2)s1)C(F)(F)F. The van der Waals surface area contributed by atoms with E-state index in [4.69, 9.17) is 0 Å². The number of hydrogen-bond donors (Lipinski definition) is 2. The summed E-state index contributed by atoms with van der Waals surface area (Å²) in [6.07, 6.45) is -5.16. The lowest BCUT2D eigenvalue weighted by molar-refractivity contribution is -0.242. The molecule has 5 nitrogen and oxygen atoms in total. The minimum absolute atomic E-state index is 0.0204. The maximum Gasteiger partial charge on any atom is 0.426 e. The van der Waals surface area contributed by atoms with Gasteiger partial charge in [-0.15, -0.1) is 11.3 Å². The molecular formula is C14H12F3NO4S2. The normalized spacial score (nSPS) is 14.9. The highest BCUT2D eigenvalue weighted by Crippen LogP contribution is 2.34. The third-order valence-electron chi connectivity index (χ3n) is 3.13. The van der Waals surface area contributed by atoms with E-state index in [1.807, 2.05) is 5.32 Å². The van der Waals surface area contributed by atoms with Crippen LogP contribution in [0.5, 0.6) is 0 Å². The molecule has 0 saturated carbocycles. The first kappa shape index (κ1) is 18.4. The molecular weight excluding hydrogens is 367 g/mol. The van der Waals surface area contributed by atoms with Crippen molar-refractivity contribution in [3.05, 3.63) is 42.5 Å². The summed E-state index contributed by atoms with van der Waals surface area (Å²) >= 11 is 0.591. The van der Waals surface area contributed by atoms with Gasteiger partial charge in [0.2, 0.25) is 15.4 Å². The molecule has 1 aromatic heterocycles. The number of aliphatic hydroxyl groups is 1. The number of nitrogens with one attached hydrogen (secondary N) is 1. The van der Waals surface area contributed by atoms with Crippen molar-refractivity contribution >= 4 is 32.1 Å². The molecule has 1 amide bonds. The molecule has 0 bridgehead atoms. The lowest BCUT2D eigenvalue weighted by atomic mass is 10.1. The number of anilines is 1. The highest BCUT2D eigenvalue weighted by Gasteiger charge is 2.55. The van der Waals surface area contributed by atoms with Crippen molar-refractivity contribution < 1.29 is 31.5 Å². The Bertz CT molecular complexity index is 842. The predicted molar refractivity (Wildman–Crippen MR) is 81.5 cm³/mol. The van der Waals surface area contributed by atoms with Crippen LogP contribution in [0.25, 0.3) is 0 Å². The number of rotatable bonds is 4. The van der Waals surface area contributed by atoms with Crippen LogP contribution < -0.4 is 5.32 Å². The molecule has 2 N–H and O–H groups in total. The molecule has 1 atom stereocenters. The number of halogens is 3. The average molecular weight is 379 g/mol. The van der Waals surface area contributed by atoms with Gasteiger partial charge < -0.3 is 10.4 Å². The van der Waals surface area contributed by atoms with Crippen molar-refractivity contribution in [2.45, 2.75) is 27.8 Å². The van der Waals surface area contributed by atoms with Crippen LogP contribution in [0.15, 0.2) is 51.6 Å². The summed E-state index contributed by atoms with van der Waals surface area (Å²) in [4.78, 5) is 11.6. The number of amides is 1. The first-order valence-electron chi connectivity index (χ1n) is 6.47. The topological polar surface area (TPSA) is 83.5 Å². The molecule has 24 heavy (non-hydrogen) atoms. The third kappa shape index (κ3) is 3.45. The second-order valence-electron chi connectivity index (χ2n) is 4.96. The summed E-state index contributed by atoms with van der Waals surface area (Å²) in [5, 5.41) is 11.0. The van der Waals surface area contributed by atoms with Crippen LogP contribution in [0.3, 0.4) is 0 Å². The zero-order chi connectivity index (χ0) is 18.2. The van der Waals surface area contributed by atoms with Crippen molar-refractivity contribution in [1.82, 2.24) is 0 Å². The van der Waals surface area contributed by atoms with Crippen LogP contribution in [0.2, 0.25) is 0 Å². The van der Waals surface area contributed by atoms with E-state index in [1.165, 1.54) is 30.3 Å². The average Bonchev–Trinajstić information content (AvgIpc) is 2.96. The highest BCUT2D eigenvalue weighted by molar-refractivity contribution is 7.93. The maximum atomic E-state index is 12.6. The molecule has 1 aromatic carbocycles. The van der Waals surface area contributed by atoms with E-state index in [-0.39, 0.29) is 14.1 Å². The van der Waals surface area contributed by atoms with Crippen molar-refractivity contribution in [1.29, 1.82) is 0 Å². The number of sulfone groups is 1. The predicted octanol–water partition coefficient (Wildman–Crippen LogP) is 2.83. The van der Waals surface area contributed by atoms with Gasteiger partial charge in [0.25, 0.3) is 5.91 Å². The number of alkyl halides is 3. The van der Waals surface area contributed by atoms with Crippen molar-refractivity contribution in [2.75, 3.05) is 5.32 Å². The van der Waals surface area contributed by atoms with Gasteiger partial charge in [-0.1, -0.05) is 18.2 Å². The van der Waals surface area contributed by atoms with Crippen molar-refractivity contribution in [3.8, 4) is 0 Å². The van der Waals surface area contributed by atoms with Crippen LogP contribution in [0.4, 0.5) is 18.2 Å². The molecule has 0 fully saturated rings. The van der Waals surface area contributed by atoms with Crippen LogP contribution in [0.1, 0.15) is 6.92 Å². The Labute approximate surface area is 139 Å². The number of carbonyl (C=O) groups excluding carboxylic acids is 1. The molecule has 1 unspecified atom stereocenters. The Kier molecular flexibility index (Phi) is 4.75. The fourth-order valence-corrected chi connectivity index (χ4v) is 4.23. The smallest absolute Gasteiger partial charge is 0.373 e. The first-order valence-corrected chi connectivity index (χ1v) is 8.77. The lowest BCUT2D eigenvalue weighted by Crippen LogP contribution is -2.52. The van der Waals surface area contributed by atoms with Gasteiger partial charge in [0.05, 0.1) is 9.90 Å². The first-order chi connectivity index (χ1) is 11.0. The van der Waals surface area contributed by atoms with Gasteiger partial charge in [-0.25, -0.2) is 8.42 Å². The standard InChI is InChI=1S/C14H12F3NO4S2/c1-13(20,14(15,16)17)12(19)18-10-7-8-11(23-10)24(21,22)9-5-3-2-4-6-9/h2-8,20H,1H3,(H,18,19). The third-order valence-corrected chi connectivity index (χ3v) is 6.39. The van der Waals surface area contributed by atoms with E-state index in [9.17, 15) is 31.5 Å². The van der Waals surface area contributed by atoms with Gasteiger partial charge in [-0.3, -0.25) is 4.79 Å². The zero-order valence-electron chi connectivity index (χ0n) is 12.2. The molecule has 0 radical (unpaired) electrons. The summed E-state index contributed by atoms with van der Waals surface area (Å²) in [6.45, 7) is 0.317. The van der Waals surface area contributed by atoms with Gasteiger partial charge >= 0.3 is 6.18 Å².